The zero-order chi connectivity index (χ0) is 37.5. The van der Waals surface area contributed by atoms with Crippen LogP contribution >= 0.6 is 22.7 Å². The fraction of sp³-hybridized carbons (Fsp3) is 0.0196. The molecule has 0 saturated carbocycles. The first-order chi connectivity index (χ1) is 28.3. The SMILES string of the molecule is c1ccc(C2=NC(c3ccccc3)NC(c3ccc4c(c3)sc3cccc(-c5cccc6c5sc5cccc(-n7c8ccccc8c8ccccc87)c56)c34)=N2)cc1. The summed E-state index contributed by atoms with van der Waals surface area (Å²) >= 11 is 3.74. The van der Waals surface area contributed by atoms with Gasteiger partial charge in [0.05, 0.1) is 16.7 Å². The van der Waals surface area contributed by atoms with Crippen molar-refractivity contribution in [2.24, 2.45) is 9.98 Å². The van der Waals surface area contributed by atoms with E-state index in [1.54, 1.807) is 0 Å². The monoisotopic (exact) mass is 764 g/mol. The zero-order valence-electron chi connectivity index (χ0n) is 30.6. The summed E-state index contributed by atoms with van der Waals surface area (Å²) in [5.74, 6) is 1.56. The molecule has 0 saturated heterocycles. The number of hydrogen-bond acceptors (Lipinski definition) is 5. The number of aromatic nitrogens is 1. The van der Waals surface area contributed by atoms with E-state index in [4.69, 9.17) is 9.98 Å². The fourth-order valence-corrected chi connectivity index (χ4v) is 11.1. The number of hydrogen-bond donors (Lipinski definition) is 1. The molecular formula is C51H32N4S2. The summed E-state index contributed by atoms with van der Waals surface area (Å²) in [6.07, 6.45) is -0.240. The molecule has 3 aromatic heterocycles. The largest absolute Gasteiger partial charge is 0.344 e. The van der Waals surface area contributed by atoms with Gasteiger partial charge in [-0.05, 0) is 47.5 Å². The van der Waals surface area contributed by atoms with Crippen molar-refractivity contribution in [3.05, 3.63) is 199 Å². The molecule has 0 aliphatic carbocycles. The topological polar surface area (TPSA) is 41.7 Å². The predicted octanol–water partition coefficient (Wildman–Crippen LogP) is 13.7. The van der Waals surface area contributed by atoms with Crippen molar-refractivity contribution < 1.29 is 0 Å². The predicted molar refractivity (Wildman–Crippen MR) is 244 cm³/mol. The Morgan fingerprint density at radius 3 is 1.91 bits per heavy atom. The molecule has 4 heterocycles. The number of nitrogens with zero attached hydrogens (tertiary/aromatic N) is 3. The molecule has 4 nitrogen and oxygen atoms in total. The minimum absolute atomic E-state index is 0.240. The Balaban J connectivity index is 1.01. The Labute approximate surface area is 336 Å². The van der Waals surface area contributed by atoms with E-state index in [0.29, 0.717) is 0 Å². The second kappa shape index (κ2) is 12.8. The number of amidine groups is 2. The Morgan fingerprint density at radius 1 is 0.474 bits per heavy atom. The first-order valence-electron chi connectivity index (χ1n) is 19.2. The molecule has 11 aromatic rings. The van der Waals surface area contributed by atoms with Crippen LogP contribution in [0.25, 0.3) is 79.0 Å². The van der Waals surface area contributed by atoms with Gasteiger partial charge in [-0.2, -0.15) is 0 Å². The number of nitrogens with one attached hydrogen (secondary N) is 1. The first-order valence-corrected chi connectivity index (χ1v) is 20.8. The highest BCUT2D eigenvalue weighted by atomic mass is 32.1. The minimum Gasteiger partial charge on any atom is -0.344 e. The molecule has 1 atom stereocenters. The van der Waals surface area contributed by atoms with Crippen LogP contribution in [0.4, 0.5) is 0 Å². The molecule has 6 heteroatoms. The molecule has 57 heavy (non-hydrogen) atoms. The Morgan fingerprint density at radius 2 is 1.12 bits per heavy atom. The summed E-state index contributed by atoms with van der Waals surface area (Å²) in [5, 5.41) is 11.3. The summed E-state index contributed by atoms with van der Waals surface area (Å²) in [5.41, 5.74) is 9.35. The quantitative estimate of drug-likeness (QED) is 0.186. The highest BCUT2D eigenvalue weighted by Gasteiger charge is 2.23. The van der Waals surface area contributed by atoms with Gasteiger partial charge in [-0.1, -0.05) is 146 Å². The van der Waals surface area contributed by atoms with E-state index in [-0.39, 0.29) is 6.17 Å². The van der Waals surface area contributed by atoms with Crippen LogP contribution in [-0.4, -0.2) is 16.2 Å². The lowest BCUT2D eigenvalue weighted by molar-refractivity contribution is 0.674. The Kier molecular flexibility index (Phi) is 7.30. The maximum atomic E-state index is 5.10. The third-order valence-electron chi connectivity index (χ3n) is 11.3. The Hall–Kier alpha value is -6.86. The lowest BCUT2D eigenvalue weighted by Gasteiger charge is -2.23. The van der Waals surface area contributed by atoms with Crippen LogP contribution in [0.2, 0.25) is 0 Å². The number of para-hydroxylation sites is 2. The van der Waals surface area contributed by atoms with Gasteiger partial charge in [0, 0.05) is 67.8 Å². The van der Waals surface area contributed by atoms with Gasteiger partial charge in [-0.25, -0.2) is 9.98 Å². The number of benzene rings is 8. The van der Waals surface area contributed by atoms with Gasteiger partial charge in [0.1, 0.15) is 12.0 Å². The van der Waals surface area contributed by atoms with Crippen molar-refractivity contribution in [1.82, 2.24) is 9.88 Å². The van der Waals surface area contributed by atoms with Crippen LogP contribution < -0.4 is 5.32 Å². The molecule has 1 unspecified atom stereocenters. The first kappa shape index (κ1) is 32.4. The number of aliphatic imine (C=N–C) groups is 2. The fourth-order valence-electron chi connectivity index (χ4n) is 8.73. The second-order valence-electron chi connectivity index (χ2n) is 14.5. The van der Waals surface area contributed by atoms with Gasteiger partial charge in [0.2, 0.25) is 0 Å². The minimum atomic E-state index is -0.240. The molecule has 1 N–H and O–H groups in total. The number of fused-ring (bicyclic) bond motifs is 9. The average molecular weight is 765 g/mol. The molecule has 8 aromatic carbocycles. The average Bonchev–Trinajstić information content (AvgIpc) is 3.96. The maximum absolute atomic E-state index is 5.10. The van der Waals surface area contributed by atoms with Crippen LogP contribution in [0.1, 0.15) is 22.9 Å². The van der Waals surface area contributed by atoms with E-state index >= 15 is 0 Å². The van der Waals surface area contributed by atoms with E-state index in [2.05, 4.69) is 168 Å². The van der Waals surface area contributed by atoms with Gasteiger partial charge in [-0.3, -0.25) is 0 Å². The van der Waals surface area contributed by atoms with E-state index in [1.165, 1.54) is 79.0 Å². The molecule has 0 spiro atoms. The summed E-state index contributed by atoms with van der Waals surface area (Å²) < 4.78 is 7.56. The van der Waals surface area contributed by atoms with Crippen molar-refractivity contribution >= 4 is 96.5 Å². The second-order valence-corrected chi connectivity index (χ2v) is 16.7. The third kappa shape index (κ3) is 5.11. The van der Waals surface area contributed by atoms with Crippen LogP contribution in [0, 0.1) is 0 Å². The van der Waals surface area contributed by atoms with E-state index in [1.807, 2.05) is 46.9 Å². The van der Waals surface area contributed by atoms with Crippen LogP contribution in [0.3, 0.4) is 0 Å². The van der Waals surface area contributed by atoms with E-state index in [9.17, 15) is 0 Å². The standard InChI is InChI=1S/C51H32N4S2/c1-3-14-31(15-4-1)49-52-50(32-16-5-2-6-17-32)54-51(53-49)33-28-29-38-45(30-33)56-43-26-12-20-36(46(38)43)37-21-11-22-39-47-42(25-13-27-44(47)57-48(37)39)55-40-23-9-7-18-34(40)35-19-8-10-24-41(35)55/h1-30,49H,(H,52,53,54). The van der Waals surface area contributed by atoms with Crippen molar-refractivity contribution in [1.29, 1.82) is 0 Å². The highest BCUT2D eigenvalue weighted by molar-refractivity contribution is 7.27. The van der Waals surface area contributed by atoms with Crippen molar-refractivity contribution in [2.45, 2.75) is 6.17 Å². The normalized spacial score (nSPS) is 14.5. The number of thiophene rings is 2. The van der Waals surface area contributed by atoms with Gasteiger partial charge in [0.15, 0.2) is 5.84 Å². The van der Waals surface area contributed by atoms with Crippen molar-refractivity contribution in [3.63, 3.8) is 0 Å². The lowest BCUT2D eigenvalue weighted by atomic mass is 9.97. The van der Waals surface area contributed by atoms with Crippen molar-refractivity contribution in [3.8, 4) is 16.8 Å². The smallest absolute Gasteiger partial charge is 0.159 e. The number of rotatable bonds is 5. The molecule has 12 rings (SSSR count). The summed E-state index contributed by atoms with van der Waals surface area (Å²) in [6, 6.07) is 65.4. The molecule has 0 radical (unpaired) electrons. The van der Waals surface area contributed by atoms with Crippen LogP contribution in [0.15, 0.2) is 192 Å². The molecule has 0 fully saturated rings. The van der Waals surface area contributed by atoms with Gasteiger partial charge in [-0.15, -0.1) is 22.7 Å². The van der Waals surface area contributed by atoms with Gasteiger partial charge >= 0.3 is 0 Å². The summed E-state index contributed by atoms with van der Waals surface area (Å²) in [7, 11) is 0. The zero-order valence-corrected chi connectivity index (χ0v) is 32.2. The van der Waals surface area contributed by atoms with Gasteiger partial charge in [0.25, 0.3) is 0 Å². The van der Waals surface area contributed by atoms with E-state index in [0.717, 1.165) is 28.4 Å². The van der Waals surface area contributed by atoms with E-state index < -0.39 is 0 Å². The van der Waals surface area contributed by atoms with Crippen LogP contribution in [-0.2, 0) is 0 Å². The maximum Gasteiger partial charge on any atom is 0.159 e. The molecule has 0 amide bonds. The van der Waals surface area contributed by atoms with Gasteiger partial charge < -0.3 is 9.88 Å². The Bertz CT molecular complexity index is 3390. The molecule has 1 aliphatic rings. The molecular weight excluding hydrogens is 733 g/mol. The highest BCUT2D eigenvalue weighted by Crippen LogP contribution is 2.47. The summed E-state index contributed by atoms with van der Waals surface area (Å²) in [6.45, 7) is 0. The molecule has 0 bridgehead atoms. The molecule has 268 valence electrons. The van der Waals surface area contributed by atoms with Crippen molar-refractivity contribution in [2.75, 3.05) is 0 Å². The lowest BCUT2D eigenvalue weighted by Crippen LogP contribution is -2.33. The molecule has 1 aliphatic heterocycles. The third-order valence-corrected chi connectivity index (χ3v) is 13.6. The summed E-state index contributed by atoms with van der Waals surface area (Å²) in [4.78, 5) is 10.1. The van der Waals surface area contributed by atoms with Crippen LogP contribution in [0.5, 0.6) is 0 Å².